The van der Waals surface area contributed by atoms with Crippen molar-refractivity contribution < 1.29 is 13.9 Å². The van der Waals surface area contributed by atoms with Crippen molar-refractivity contribution in [1.82, 2.24) is 29.3 Å². The number of esters is 1. The fraction of sp³-hybridized carbons (Fsp3) is 0.290. The van der Waals surface area contributed by atoms with E-state index in [1.807, 2.05) is 19.3 Å². The second kappa shape index (κ2) is 10.2. The maximum atomic E-state index is 15.3. The van der Waals surface area contributed by atoms with Gasteiger partial charge in [0, 0.05) is 37.0 Å². The first kappa shape index (κ1) is 26.0. The van der Waals surface area contributed by atoms with E-state index < -0.39 is 11.4 Å². The minimum atomic E-state index is -0.545. The molecule has 2 aliphatic rings. The normalized spacial score (nSPS) is 14.8. The average molecular weight is 566 g/mol. The molecule has 3 heterocycles. The number of pyridine rings is 1. The molecule has 0 amide bonds. The molecule has 212 valence electrons. The molecular weight excluding hydrogens is 537 g/mol. The van der Waals surface area contributed by atoms with Crippen molar-refractivity contribution in [2.24, 2.45) is 13.0 Å². The summed E-state index contributed by atoms with van der Waals surface area (Å²) in [5.41, 5.74) is 8.86. The highest BCUT2D eigenvalue weighted by atomic mass is 19.1. The van der Waals surface area contributed by atoms with Crippen LogP contribution < -0.4 is 11.3 Å². The summed E-state index contributed by atoms with van der Waals surface area (Å²) in [5, 5.41) is 4.76. The van der Waals surface area contributed by atoms with Gasteiger partial charge in [-0.25, -0.2) is 9.37 Å². The van der Waals surface area contributed by atoms with E-state index in [1.54, 1.807) is 41.3 Å². The Kier molecular flexibility index (Phi) is 6.29. The summed E-state index contributed by atoms with van der Waals surface area (Å²) in [6.07, 6.45) is 9.24. The zero-order valence-corrected chi connectivity index (χ0v) is 23.0. The summed E-state index contributed by atoms with van der Waals surface area (Å²) in [7, 11) is 1.82. The number of nitrogens with two attached hydrogens (primary N) is 1. The van der Waals surface area contributed by atoms with Gasteiger partial charge in [-0.3, -0.25) is 18.8 Å². The predicted molar refractivity (Wildman–Crippen MR) is 153 cm³/mol. The van der Waals surface area contributed by atoms with Gasteiger partial charge in [0.1, 0.15) is 18.2 Å². The lowest BCUT2D eigenvalue weighted by atomic mass is 10.0. The SMILES string of the molecule is Cn1cc(Cc2nc(N)nc(-c3cccc(-n4ccc5cc(C6CC6)cc(F)c5c4=O)c3COC(=O)C3CC3)n2)cn1. The Bertz CT molecular complexity index is 1920. The first-order valence-electron chi connectivity index (χ1n) is 14.0. The third kappa shape index (κ3) is 5.02. The second-order valence-electron chi connectivity index (χ2n) is 11.0. The number of aryl methyl sites for hydroxylation is 1. The molecule has 3 aromatic heterocycles. The lowest BCUT2D eigenvalue weighted by Gasteiger charge is -2.17. The molecule has 0 aliphatic heterocycles. The van der Waals surface area contributed by atoms with Crippen LogP contribution in [0.25, 0.3) is 27.8 Å². The van der Waals surface area contributed by atoms with Crippen LogP contribution in [-0.2, 0) is 29.6 Å². The Morgan fingerprint density at radius 3 is 2.69 bits per heavy atom. The molecule has 42 heavy (non-hydrogen) atoms. The van der Waals surface area contributed by atoms with Gasteiger partial charge in [-0.1, -0.05) is 18.2 Å². The molecule has 10 nitrogen and oxygen atoms in total. The molecule has 0 bridgehead atoms. The van der Waals surface area contributed by atoms with Crippen molar-refractivity contribution >= 4 is 22.7 Å². The minimum Gasteiger partial charge on any atom is -0.460 e. The average Bonchev–Trinajstić information content (AvgIpc) is 3.89. The molecule has 2 aliphatic carbocycles. The van der Waals surface area contributed by atoms with Crippen molar-refractivity contribution in [3.05, 3.63) is 93.7 Å². The van der Waals surface area contributed by atoms with Crippen LogP contribution >= 0.6 is 0 Å². The zero-order valence-electron chi connectivity index (χ0n) is 23.0. The summed E-state index contributed by atoms with van der Waals surface area (Å²) in [6.45, 7) is -0.127. The van der Waals surface area contributed by atoms with Gasteiger partial charge in [0.15, 0.2) is 5.82 Å². The Hall–Kier alpha value is -4.93. The Labute approximate surface area is 240 Å². The first-order valence-corrected chi connectivity index (χ1v) is 14.0. The second-order valence-corrected chi connectivity index (χ2v) is 11.0. The number of hydrogen-bond acceptors (Lipinski definition) is 8. The van der Waals surface area contributed by atoms with Gasteiger partial charge in [0.25, 0.3) is 5.56 Å². The lowest BCUT2D eigenvalue weighted by Crippen LogP contribution is -2.21. The molecule has 2 saturated carbocycles. The van der Waals surface area contributed by atoms with E-state index in [-0.39, 0.29) is 35.7 Å². The number of benzene rings is 2. The van der Waals surface area contributed by atoms with Crippen molar-refractivity contribution in [1.29, 1.82) is 0 Å². The third-order valence-electron chi connectivity index (χ3n) is 7.77. The molecule has 0 spiro atoms. The quantitative estimate of drug-likeness (QED) is 0.277. The first-order chi connectivity index (χ1) is 20.3. The van der Waals surface area contributed by atoms with Crippen molar-refractivity contribution in [3.8, 4) is 17.1 Å². The fourth-order valence-electron chi connectivity index (χ4n) is 5.32. The molecule has 0 unspecified atom stereocenters. The number of hydrogen-bond donors (Lipinski definition) is 1. The standard InChI is InChI=1S/C31H28FN7O3/c1-38-15-17(14-34-38)11-26-35-28(37-31(33)36-26)22-3-2-4-25(23(22)16-42-30(41)19-7-8-19)39-10-9-20-12-21(18-5-6-18)13-24(32)27(20)29(39)40/h2-4,9-10,12-15,18-19H,5-8,11,16H2,1H3,(H2,33,35,36,37). The van der Waals surface area contributed by atoms with Gasteiger partial charge in [0.2, 0.25) is 5.95 Å². The van der Waals surface area contributed by atoms with Crippen LogP contribution in [0, 0.1) is 11.7 Å². The van der Waals surface area contributed by atoms with E-state index in [0.29, 0.717) is 40.4 Å². The molecule has 0 saturated heterocycles. The topological polar surface area (TPSA) is 131 Å². The number of nitrogens with zero attached hydrogens (tertiary/aromatic N) is 6. The Morgan fingerprint density at radius 1 is 1.12 bits per heavy atom. The molecule has 11 heteroatoms. The number of halogens is 1. The molecular formula is C31H28FN7O3. The maximum Gasteiger partial charge on any atom is 0.309 e. The Morgan fingerprint density at radius 2 is 1.95 bits per heavy atom. The number of rotatable bonds is 8. The summed E-state index contributed by atoms with van der Waals surface area (Å²) >= 11 is 0. The van der Waals surface area contributed by atoms with Gasteiger partial charge in [-0.05, 0) is 66.3 Å². The van der Waals surface area contributed by atoms with E-state index in [4.69, 9.17) is 10.5 Å². The lowest BCUT2D eigenvalue weighted by molar-refractivity contribution is -0.146. The third-order valence-corrected chi connectivity index (χ3v) is 7.77. The highest BCUT2D eigenvalue weighted by Crippen LogP contribution is 2.41. The Balaban J connectivity index is 1.35. The number of aromatic nitrogens is 6. The number of carbonyl (C=O) groups excluding carboxylic acids is 1. The van der Waals surface area contributed by atoms with E-state index >= 15 is 4.39 Å². The molecule has 7 rings (SSSR count). The summed E-state index contributed by atoms with van der Waals surface area (Å²) < 4.78 is 24.1. The zero-order chi connectivity index (χ0) is 29.0. The molecule has 2 aromatic carbocycles. The molecule has 2 N–H and O–H groups in total. The maximum absolute atomic E-state index is 15.3. The van der Waals surface area contributed by atoms with Crippen LogP contribution in [0.4, 0.5) is 10.3 Å². The van der Waals surface area contributed by atoms with Crippen LogP contribution in [-0.4, -0.2) is 35.3 Å². The van der Waals surface area contributed by atoms with Gasteiger partial charge in [0.05, 0.1) is 23.2 Å². The molecule has 2 fully saturated rings. The van der Waals surface area contributed by atoms with E-state index in [2.05, 4.69) is 20.1 Å². The van der Waals surface area contributed by atoms with Gasteiger partial charge < -0.3 is 10.5 Å². The van der Waals surface area contributed by atoms with Gasteiger partial charge in [-0.15, -0.1) is 0 Å². The highest BCUT2D eigenvalue weighted by Gasteiger charge is 2.32. The molecule has 5 aromatic rings. The van der Waals surface area contributed by atoms with Crippen molar-refractivity contribution in [2.45, 2.75) is 44.6 Å². The number of fused-ring (bicyclic) bond motifs is 1. The summed E-state index contributed by atoms with van der Waals surface area (Å²) in [4.78, 5) is 39.7. The smallest absolute Gasteiger partial charge is 0.309 e. The van der Waals surface area contributed by atoms with Crippen LogP contribution in [0.3, 0.4) is 0 Å². The van der Waals surface area contributed by atoms with Crippen LogP contribution in [0.15, 0.2) is 59.8 Å². The minimum absolute atomic E-state index is 0.0105. The van der Waals surface area contributed by atoms with E-state index in [9.17, 15) is 9.59 Å². The monoisotopic (exact) mass is 565 g/mol. The van der Waals surface area contributed by atoms with Crippen LogP contribution in [0.2, 0.25) is 0 Å². The van der Waals surface area contributed by atoms with Gasteiger partial charge in [-0.2, -0.15) is 15.1 Å². The molecule has 0 atom stereocenters. The fourth-order valence-corrected chi connectivity index (χ4v) is 5.32. The summed E-state index contributed by atoms with van der Waals surface area (Å²) in [5.74, 6) is 0.138. The van der Waals surface area contributed by atoms with Crippen molar-refractivity contribution in [3.63, 3.8) is 0 Å². The van der Waals surface area contributed by atoms with Crippen LogP contribution in [0.1, 0.15) is 54.1 Å². The van der Waals surface area contributed by atoms with E-state index in [0.717, 1.165) is 36.8 Å². The van der Waals surface area contributed by atoms with Crippen molar-refractivity contribution in [2.75, 3.05) is 5.73 Å². The molecule has 0 radical (unpaired) electrons. The number of nitrogen functional groups attached to an aromatic ring is 1. The largest absolute Gasteiger partial charge is 0.460 e. The highest BCUT2D eigenvalue weighted by molar-refractivity contribution is 5.84. The van der Waals surface area contributed by atoms with Gasteiger partial charge >= 0.3 is 5.97 Å². The van der Waals surface area contributed by atoms with Crippen LogP contribution in [0.5, 0.6) is 0 Å². The predicted octanol–water partition coefficient (Wildman–Crippen LogP) is 4.22. The number of ether oxygens (including phenoxy) is 1. The summed E-state index contributed by atoms with van der Waals surface area (Å²) in [6, 6.07) is 10.4. The van der Waals surface area contributed by atoms with E-state index in [1.165, 1.54) is 10.6 Å². The number of anilines is 1. The number of carbonyl (C=O) groups is 1.